The predicted octanol–water partition coefficient (Wildman–Crippen LogP) is 3.32. The molecular weight excluding hydrogens is 362 g/mol. The number of aryl methyl sites for hydroxylation is 2. The first-order valence-electron chi connectivity index (χ1n) is 9.12. The molecule has 1 atom stereocenters. The molecule has 1 aliphatic heterocycles. The third kappa shape index (κ3) is 4.71. The number of benzene rings is 1. The average molecular weight is 388 g/mol. The number of thioether (sulfide) groups is 1. The van der Waals surface area contributed by atoms with E-state index in [9.17, 15) is 9.59 Å². The van der Waals surface area contributed by atoms with Crippen LogP contribution in [0.4, 0.5) is 0 Å². The fourth-order valence-electron chi connectivity index (χ4n) is 3.28. The number of amides is 2. The fraction of sp³-hybridized carbons (Fsp3) is 0.450. The second-order valence-corrected chi connectivity index (χ2v) is 7.72. The van der Waals surface area contributed by atoms with Crippen molar-refractivity contribution in [2.24, 2.45) is 0 Å². The van der Waals surface area contributed by atoms with Crippen LogP contribution >= 0.6 is 11.8 Å². The number of likely N-dealkylation sites (tertiary alicyclic amines) is 1. The molecule has 0 aliphatic carbocycles. The van der Waals surface area contributed by atoms with Crippen molar-refractivity contribution >= 4 is 23.6 Å². The van der Waals surface area contributed by atoms with Crippen LogP contribution < -0.4 is 5.32 Å². The van der Waals surface area contributed by atoms with E-state index in [0.29, 0.717) is 31.5 Å². The minimum atomic E-state index is -0.0840. The van der Waals surface area contributed by atoms with Gasteiger partial charge in [0.05, 0.1) is 12.2 Å². The van der Waals surface area contributed by atoms with Crippen molar-refractivity contribution in [2.75, 3.05) is 12.8 Å². The predicted molar refractivity (Wildman–Crippen MR) is 105 cm³/mol. The second kappa shape index (κ2) is 8.61. The number of nitrogens with one attached hydrogen (secondary N) is 1. The largest absolute Gasteiger partial charge is 0.361 e. The van der Waals surface area contributed by atoms with Gasteiger partial charge in [0.2, 0.25) is 5.91 Å². The maximum absolute atomic E-state index is 12.5. The lowest BCUT2D eigenvalue weighted by molar-refractivity contribution is -0.131. The average Bonchev–Trinajstić information content (AvgIpc) is 2.89. The van der Waals surface area contributed by atoms with E-state index in [-0.39, 0.29) is 17.9 Å². The summed E-state index contributed by atoms with van der Waals surface area (Å²) in [6.07, 6.45) is 3.83. The lowest BCUT2D eigenvalue weighted by atomic mass is 10.1. The van der Waals surface area contributed by atoms with Gasteiger partial charge in [-0.15, -0.1) is 11.8 Å². The normalized spacial score (nSPS) is 17.7. The van der Waals surface area contributed by atoms with E-state index in [0.717, 1.165) is 28.3 Å². The van der Waals surface area contributed by atoms with Crippen LogP contribution in [-0.2, 0) is 11.3 Å². The van der Waals surface area contributed by atoms with Gasteiger partial charge in [0.25, 0.3) is 5.91 Å². The van der Waals surface area contributed by atoms with E-state index in [1.165, 1.54) is 0 Å². The van der Waals surface area contributed by atoms with E-state index in [1.54, 1.807) is 11.8 Å². The van der Waals surface area contributed by atoms with Gasteiger partial charge in [0.15, 0.2) is 0 Å². The molecule has 0 saturated carbocycles. The highest BCUT2D eigenvalue weighted by Crippen LogP contribution is 2.20. The topological polar surface area (TPSA) is 75.4 Å². The van der Waals surface area contributed by atoms with Crippen LogP contribution in [0.25, 0.3) is 0 Å². The summed E-state index contributed by atoms with van der Waals surface area (Å²) < 4.78 is 5.20. The molecule has 1 N–H and O–H groups in total. The van der Waals surface area contributed by atoms with E-state index in [4.69, 9.17) is 4.52 Å². The molecule has 1 fully saturated rings. The van der Waals surface area contributed by atoms with Crippen molar-refractivity contribution in [2.45, 2.75) is 50.6 Å². The first kappa shape index (κ1) is 19.5. The van der Waals surface area contributed by atoms with Crippen LogP contribution in [0.5, 0.6) is 0 Å². The van der Waals surface area contributed by atoms with Crippen molar-refractivity contribution in [3.05, 3.63) is 46.8 Å². The van der Waals surface area contributed by atoms with E-state index < -0.39 is 0 Å². The number of aromatic nitrogens is 1. The Kier molecular flexibility index (Phi) is 6.21. The van der Waals surface area contributed by atoms with E-state index in [1.807, 2.05) is 49.3 Å². The Bertz CT molecular complexity index is 797. The second-order valence-electron chi connectivity index (χ2n) is 6.84. The molecule has 1 aliphatic rings. The Balaban J connectivity index is 1.60. The molecular formula is C20H25N3O3S. The summed E-state index contributed by atoms with van der Waals surface area (Å²) in [5.41, 5.74) is 2.44. The van der Waals surface area contributed by atoms with Gasteiger partial charge in [0.1, 0.15) is 5.76 Å². The molecule has 6 nitrogen and oxygen atoms in total. The Morgan fingerprint density at radius 3 is 2.67 bits per heavy atom. The van der Waals surface area contributed by atoms with Crippen molar-refractivity contribution < 1.29 is 14.1 Å². The van der Waals surface area contributed by atoms with Gasteiger partial charge >= 0.3 is 0 Å². The van der Waals surface area contributed by atoms with Crippen molar-refractivity contribution in [1.82, 2.24) is 15.4 Å². The first-order chi connectivity index (χ1) is 13.0. The monoisotopic (exact) mass is 387 g/mol. The molecule has 1 aromatic heterocycles. The Labute approximate surface area is 163 Å². The minimum absolute atomic E-state index is 0.00338. The quantitative estimate of drug-likeness (QED) is 0.797. The SMILES string of the molecule is CSc1ccc(C(=O)NC2CCC(=O)N(Cc3c(C)noc3C)CC2)cc1. The summed E-state index contributed by atoms with van der Waals surface area (Å²) in [6, 6.07) is 7.57. The molecule has 2 aromatic rings. The van der Waals surface area contributed by atoms with Crippen LogP contribution in [0.3, 0.4) is 0 Å². The molecule has 7 heteroatoms. The van der Waals surface area contributed by atoms with Gasteiger partial charge in [-0.25, -0.2) is 0 Å². The summed E-state index contributed by atoms with van der Waals surface area (Å²) in [5.74, 6) is 0.776. The molecule has 0 radical (unpaired) electrons. The fourth-order valence-corrected chi connectivity index (χ4v) is 3.69. The van der Waals surface area contributed by atoms with Gasteiger partial charge in [-0.2, -0.15) is 0 Å². The lowest BCUT2D eigenvalue weighted by Gasteiger charge is -2.21. The van der Waals surface area contributed by atoms with Crippen LogP contribution in [0.1, 0.15) is 46.6 Å². The van der Waals surface area contributed by atoms with Crippen LogP contribution in [0.2, 0.25) is 0 Å². The third-order valence-electron chi connectivity index (χ3n) is 5.02. The van der Waals surface area contributed by atoms with Gasteiger partial charge in [-0.1, -0.05) is 5.16 Å². The number of carbonyl (C=O) groups excluding carboxylic acids is 2. The molecule has 0 spiro atoms. The number of carbonyl (C=O) groups is 2. The molecule has 1 saturated heterocycles. The lowest BCUT2D eigenvalue weighted by Crippen LogP contribution is -2.36. The highest BCUT2D eigenvalue weighted by atomic mass is 32.2. The van der Waals surface area contributed by atoms with E-state index >= 15 is 0 Å². The molecule has 144 valence electrons. The van der Waals surface area contributed by atoms with Gasteiger partial charge in [0, 0.05) is 35.0 Å². The third-order valence-corrected chi connectivity index (χ3v) is 5.77. The van der Waals surface area contributed by atoms with Crippen molar-refractivity contribution in [3.63, 3.8) is 0 Å². The summed E-state index contributed by atoms with van der Waals surface area (Å²) in [4.78, 5) is 28.0. The highest BCUT2D eigenvalue weighted by Gasteiger charge is 2.25. The number of hydrogen-bond acceptors (Lipinski definition) is 5. The zero-order valence-corrected chi connectivity index (χ0v) is 16.8. The smallest absolute Gasteiger partial charge is 0.251 e. The van der Waals surface area contributed by atoms with Gasteiger partial charge < -0.3 is 14.7 Å². The zero-order valence-electron chi connectivity index (χ0n) is 15.9. The highest BCUT2D eigenvalue weighted by molar-refractivity contribution is 7.98. The Morgan fingerprint density at radius 2 is 2.04 bits per heavy atom. The molecule has 0 bridgehead atoms. The van der Waals surface area contributed by atoms with Gasteiger partial charge in [-0.05, 0) is 57.2 Å². The van der Waals surface area contributed by atoms with Crippen LogP contribution in [0.15, 0.2) is 33.7 Å². The standard InChI is InChI=1S/C20H25N3O3S/c1-13-18(14(2)26-22-13)12-23-11-10-16(6-9-19(23)24)21-20(25)15-4-7-17(27-3)8-5-15/h4-5,7-8,16H,6,9-12H2,1-3H3,(H,21,25). The number of hydrogen-bond donors (Lipinski definition) is 1. The van der Waals surface area contributed by atoms with Gasteiger partial charge in [-0.3, -0.25) is 9.59 Å². The minimum Gasteiger partial charge on any atom is -0.361 e. The summed E-state index contributed by atoms with van der Waals surface area (Å²) in [7, 11) is 0. The molecule has 27 heavy (non-hydrogen) atoms. The Morgan fingerprint density at radius 1 is 1.30 bits per heavy atom. The Hall–Kier alpha value is -2.28. The van der Waals surface area contributed by atoms with E-state index in [2.05, 4.69) is 10.5 Å². The molecule has 1 unspecified atom stereocenters. The number of rotatable bonds is 5. The van der Waals surface area contributed by atoms with Crippen molar-refractivity contribution in [1.29, 1.82) is 0 Å². The first-order valence-corrected chi connectivity index (χ1v) is 10.3. The zero-order chi connectivity index (χ0) is 19.4. The molecule has 2 heterocycles. The summed E-state index contributed by atoms with van der Waals surface area (Å²) in [6.45, 7) is 4.87. The molecule has 2 amide bonds. The maximum atomic E-state index is 12.5. The number of nitrogens with zero attached hydrogens (tertiary/aromatic N) is 2. The summed E-state index contributed by atoms with van der Waals surface area (Å²) in [5, 5.41) is 7.04. The maximum Gasteiger partial charge on any atom is 0.251 e. The summed E-state index contributed by atoms with van der Waals surface area (Å²) >= 11 is 1.65. The van der Waals surface area contributed by atoms with Crippen molar-refractivity contribution in [3.8, 4) is 0 Å². The molecule has 1 aromatic carbocycles. The van der Waals surface area contributed by atoms with Crippen LogP contribution in [-0.4, -0.2) is 40.7 Å². The van der Waals surface area contributed by atoms with Crippen LogP contribution in [0, 0.1) is 13.8 Å². The molecule has 3 rings (SSSR count).